The Hall–Kier alpha value is -2.83. The highest BCUT2D eigenvalue weighted by atomic mass is 35.5. The van der Waals surface area contributed by atoms with Crippen LogP contribution < -0.4 is 5.32 Å². The van der Waals surface area contributed by atoms with E-state index in [1.165, 1.54) is 18.2 Å². The Morgan fingerprint density at radius 2 is 1.85 bits per heavy atom. The molecule has 3 rings (SSSR count). The molecule has 2 aromatic carbocycles. The number of nitrogens with one attached hydrogen (secondary N) is 1. The van der Waals surface area contributed by atoms with Gasteiger partial charge in [-0.1, -0.05) is 53.5 Å². The third-order valence-electron chi connectivity index (χ3n) is 3.54. The highest BCUT2D eigenvalue weighted by molar-refractivity contribution is 6.42. The van der Waals surface area contributed by atoms with Crippen molar-refractivity contribution in [2.45, 2.75) is 6.61 Å². The fourth-order valence-electron chi connectivity index (χ4n) is 2.20. The van der Waals surface area contributed by atoms with Crippen LogP contribution in [-0.4, -0.2) is 23.4 Å². The van der Waals surface area contributed by atoms with Crippen molar-refractivity contribution in [3.8, 4) is 11.3 Å². The molecule has 0 aliphatic carbocycles. The van der Waals surface area contributed by atoms with Gasteiger partial charge in [-0.3, -0.25) is 9.59 Å². The Morgan fingerprint density at radius 1 is 1.07 bits per heavy atom. The first kappa shape index (κ1) is 18.9. The molecule has 3 aromatic rings. The summed E-state index contributed by atoms with van der Waals surface area (Å²) in [5.41, 5.74) is 1.16. The lowest BCUT2D eigenvalue weighted by Crippen LogP contribution is -2.30. The third kappa shape index (κ3) is 5.09. The molecule has 0 fully saturated rings. The second-order valence-corrected chi connectivity index (χ2v) is 6.27. The molecule has 8 heteroatoms. The van der Waals surface area contributed by atoms with E-state index in [9.17, 15) is 9.59 Å². The maximum Gasteiger partial charge on any atom is 0.325 e. The predicted octanol–water partition coefficient (Wildman–Crippen LogP) is 4.12. The van der Waals surface area contributed by atoms with Gasteiger partial charge in [-0.25, -0.2) is 4.98 Å². The smallest absolute Gasteiger partial charge is 0.325 e. The van der Waals surface area contributed by atoms with Gasteiger partial charge in [0.25, 0.3) is 5.91 Å². The van der Waals surface area contributed by atoms with Gasteiger partial charge >= 0.3 is 5.97 Å². The summed E-state index contributed by atoms with van der Waals surface area (Å²) < 4.78 is 10.6. The SMILES string of the molecule is O=C(CNC(=O)c1ccc(Cl)c(Cl)c1)OCc1ncc(-c2ccccc2)o1. The summed E-state index contributed by atoms with van der Waals surface area (Å²) in [6, 6.07) is 13.9. The molecule has 0 saturated carbocycles. The summed E-state index contributed by atoms with van der Waals surface area (Å²) in [7, 11) is 0. The Labute approximate surface area is 165 Å². The fraction of sp³-hybridized carbons (Fsp3) is 0.105. The lowest BCUT2D eigenvalue weighted by atomic mass is 10.2. The predicted molar refractivity (Wildman–Crippen MR) is 101 cm³/mol. The summed E-state index contributed by atoms with van der Waals surface area (Å²) in [4.78, 5) is 27.9. The molecule has 0 radical (unpaired) electrons. The maximum absolute atomic E-state index is 12.0. The molecule has 1 heterocycles. The second kappa shape index (κ2) is 8.70. The fourth-order valence-corrected chi connectivity index (χ4v) is 2.50. The minimum atomic E-state index is -0.622. The van der Waals surface area contributed by atoms with Crippen LogP contribution in [0.15, 0.2) is 59.1 Å². The van der Waals surface area contributed by atoms with Gasteiger partial charge in [-0.05, 0) is 18.2 Å². The van der Waals surface area contributed by atoms with E-state index >= 15 is 0 Å². The number of hydrogen-bond donors (Lipinski definition) is 1. The van der Waals surface area contributed by atoms with Crippen LogP contribution in [0.25, 0.3) is 11.3 Å². The van der Waals surface area contributed by atoms with Crippen molar-refractivity contribution in [2.24, 2.45) is 0 Å². The van der Waals surface area contributed by atoms with E-state index in [0.717, 1.165) is 5.56 Å². The summed E-state index contributed by atoms with van der Waals surface area (Å²) >= 11 is 11.7. The summed E-state index contributed by atoms with van der Waals surface area (Å²) in [5.74, 6) is -0.247. The number of carbonyl (C=O) groups excluding carboxylic acids is 2. The van der Waals surface area contributed by atoms with Gasteiger partial charge in [0.15, 0.2) is 12.4 Å². The van der Waals surface area contributed by atoms with E-state index in [1.54, 1.807) is 6.20 Å². The van der Waals surface area contributed by atoms with Gasteiger partial charge in [-0.2, -0.15) is 0 Å². The minimum absolute atomic E-state index is 0.131. The van der Waals surface area contributed by atoms with E-state index in [0.29, 0.717) is 10.8 Å². The van der Waals surface area contributed by atoms with Crippen molar-refractivity contribution >= 4 is 35.1 Å². The van der Waals surface area contributed by atoms with Crippen LogP contribution in [0.5, 0.6) is 0 Å². The van der Waals surface area contributed by atoms with Crippen molar-refractivity contribution < 1.29 is 18.7 Å². The third-order valence-corrected chi connectivity index (χ3v) is 4.28. The molecule has 1 amide bonds. The van der Waals surface area contributed by atoms with E-state index in [1.807, 2.05) is 30.3 Å². The monoisotopic (exact) mass is 404 g/mol. The number of nitrogens with zero attached hydrogens (tertiary/aromatic N) is 1. The van der Waals surface area contributed by atoms with Crippen LogP contribution in [0, 0.1) is 0 Å². The Balaban J connectivity index is 1.48. The van der Waals surface area contributed by atoms with Crippen LogP contribution in [-0.2, 0) is 16.1 Å². The second-order valence-electron chi connectivity index (χ2n) is 5.46. The van der Waals surface area contributed by atoms with Crippen molar-refractivity contribution in [3.63, 3.8) is 0 Å². The number of carbonyl (C=O) groups is 2. The number of oxazole rings is 1. The molecule has 0 aliphatic rings. The highest BCUT2D eigenvalue weighted by Gasteiger charge is 2.12. The average molecular weight is 405 g/mol. The van der Waals surface area contributed by atoms with Crippen molar-refractivity contribution in [1.29, 1.82) is 0 Å². The van der Waals surface area contributed by atoms with Crippen LogP contribution in [0.1, 0.15) is 16.2 Å². The standard InChI is InChI=1S/C19H14Cl2N2O4/c20-14-7-6-13(8-15(14)21)19(25)23-10-18(24)26-11-17-22-9-16(27-17)12-4-2-1-3-5-12/h1-9H,10-11H2,(H,23,25). The number of ether oxygens (including phenoxy) is 1. The molecule has 0 aliphatic heterocycles. The van der Waals surface area contributed by atoms with Gasteiger partial charge in [0, 0.05) is 11.1 Å². The van der Waals surface area contributed by atoms with E-state index in [-0.39, 0.29) is 29.6 Å². The summed E-state index contributed by atoms with van der Waals surface area (Å²) in [6.07, 6.45) is 1.56. The van der Waals surface area contributed by atoms with Crippen molar-refractivity contribution in [2.75, 3.05) is 6.54 Å². The van der Waals surface area contributed by atoms with Crippen LogP contribution in [0.3, 0.4) is 0 Å². The van der Waals surface area contributed by atoms with Crippen LogP contribution >= 0.6 is 23.2 Å². The summed E-state index contributed by atoms with van der Waals surface area (Å²) in [6.45, 7) is -0.431. The van der Waals surface area contributed by atoms with Crippen molar-refractivity contribution in [1.82, 2.24) is 10.3 Å². The van der Waals surface area contributed by atoms with Gasteiger partial charge in [0.2, 0.25) is 5.89 Å². The first-order valence-electron chi connectivity index (χ1n) is 7.92. The number of halogens is 2. The topological polar surface area (TPSA) is 81.4 Å². The number of hydrogen-bond acceptors (Lipinski definition) is 5. The zero-order valence-electron chi connectivity index (χ0n) is 13.9. The molecule has 1 aromatic heterocycles. The van der Waals surface area contributed by atoms with Crippen molar-refractivity contribution in [3.05, 3.63) is 76.2 Å². The first-order valence-corrected chi connectivity index (χ1v) is 8.67. The largest absolute Gasteiger partial charge is 0.454 e. The molecule has 0 atom stereocenters. The molecule has 0 bridgehead atoms. The molecule has 138 valence electrons. The molecular formula is C19H14Cl2N2O4. The lowest BCUT2D eigenvalue weighted by Gasteiger charge is -2.06. The quantitative estimate of drug-likeness (QED) is 0.624. The molecule has 6 nitrogen and oxygen atoms in total. The van der Waals surface area contributed by atoms with Gasteiger partial charge in [0.05, 0.1) is 16.2 Å². The Bertz CT molecular complexity index is 957. The average Bonchev–Trinajstić information content (AvgIpc) is 3.16. The molecule has 0 saturated heterocycles. The van der Waals surface area contributed by atoms with Crippen LogP contribution in [0.4, 0.5) is 0 Å². The Kier molecular flexibility index (Phi) is 6.11. The maximum atomic E-state index is 12.0. The van der Waals surface area contributed by atoms with Gasteiger partial charge < -0.3 is 14.5 Å². The normalized spacial score (nSPS) is 10.4. The first-order chi connectivity index (χ1) is 13.0. The number of esters is 1. The number of aromatic nitrogens is 1. The lowest BCUT2D eigenvalue weighted by molar-refractivity contribution is -0.144. The van der Waals surface area contributed by atoms with Crippen LogP contribution in [0.2, 0.25) is 10.0 Å². The zero-order chi connectivity index (χ0) is 19.2. The molecular weight excluding hydrogens is 391 g/mol. The molecule has 1 N–H and O–H groups in total. The number of amides is 1. The number of rotatable bonds is 6. The molecule has 27 heavy (non-hydrogen) atoms. The van der Waals surface area contributed by atoms with E-state index < -0.39 is 11.9 Å². The molecule has 0 unspecified atom stereocenters. The van der Waals surface area contributed by atoms with E-state index in [2.05, 4.69) is 10.3 Å². The zero-order valence-corrected chi connectivity index (χ0v) is 15.5. The number of benzene rings is 2. The van der Waals surface area contributed by atoms with Gasteiger partial charge in [-0.15, -0.1) is 0 Å². The molecule has 0 spiro atoms. The minimum Gasteiger partial charge on any atom is -0.454 e. The van der Waals surface area contributed by atoms with Gasteiger partial charge in [0.1, 0.15) is 6.54 Å². The highest BCUT2D eigenvalue weighted by Crippen LogP contribution is 2.22. The Morgan fingerprint density at radius 3 is 2.59 bits per heavy atom. The summed E-state index contributed by atoms with van der Waals surface area (Å²) in [5, 5.41) is 3.04. The van der Waals surface area contributed by atoms with E-state index in [4.69, 9.17) is 32.4 Å².